The van der Waals surface area contributed by atoms with E-state index in [1.54, 1.807) is 19.1 Å². The Balaban J connectivity index is 2.99. The second kappa shape index (κ2) is 5.00. The minimum Gasteiger partial charge on any atom is -0.495 e. The van der Waals surface area contributed by atoms with Gasteiger partial charge in [0.1, 0.15) is 5.75 Å². The van der Waals surface area contributed by atoms with Crippen molar-refractivity contribution in [2.24, 2.45) is 0 Å². The number of halogens is 1. The third-order valence-corrected chi connectivity index (χ3v) is 2.41. The predicted molar refractivity (Wildman–Crippen MR) is 60.2 cm³/mol. The van der Waals surface area contributed by atoms with Crippen LogP contribution in [0.3, 0.4) is 0 Å². The Morgan fingerprint density at radius 3 is 2.71 bits per heavy atom. The molecule has 1 amide bonds. The summed E-state index contributed by atoms with van der Waals surface area (Å²) < 4.78 is 5.15. The summed E-state index contributed by atoms with van der Waals surface area (Å²) in [7, 11) is 3.31. The Bertz CT molecular complexity index is 328. The van der Waals surface area contributed by atoms with Gasteiger partial charge in [0.15, 0.2) is 0 Å². The van der Waals surface area contributed by atoms with Gasteiger partial charge < -0.3 is 9.64 Å². The fourth-order valence-electron chi connectivity index (χ4n) is 1.13. The average Bonchev–Trinajstić information content (AvgIpc) is 2.26. The molecule has 0 heterocycles. The minimum atomic E-state index is -0.00509. The van der Waals surface area contributed by atoms with Crippen molar-refractivity contribution >= 4 is 27.5 Å². The van der Waals surface area contributed by atoms with Gasteiger partial charge >= 0.3 is 0 Å². The first-order chi connectivity index (χ1) is 6.70. The first kappa shape index (κ1) is 11.0. The number of carbonyl (C=O) groups excluding carboxylic acids is 1. The largest absolute Gasteiger partial charge is 0.495 e. The average molecular weight is 258 g/mol. The van der Waals surface area contributed by atoms with Gasteiger partial charge in [0.25, 0.3) is 0 Å². The van der Waals surface area contributed by atoms with Crippen molar-refractivity contribution in [3.8, 4) is 5.75 Å². The third-order valence-electron chi connectivity index (χ3n) is 1.93. The number of benzene rings is 1. The molecule has 3 nitrogen and oxygen atoms in total. The van der Waals surface area contributed by atoms with Crippen molar-refractivity contribution in [3.63, 3.8) is 0 Å². The second-order valence-corrected chi connectivity index (χ2v) is 3.32. The fourth-order valence-corrected chi connectivity index (χ4v) is 1.51. The number of amides is 1. The number of para-hydroxylation sites is 2. The van der Waals surface area contributed by atoms with Crippen LogP contribution >= 0.6 is 15.9 Å². The Hall–Kier alpha value is -1.03. The summed E-state index contributed by atoms with van der Waals surface area (Å²) >= 11 is 3.13. The smallest absolute Gasteiger partial charge is 0.237 e. The van der Waals surface area contributed by atoms with Gasteiger partial charge in [-0.15, -0.1) is 0 Å². The zero-order valence-electron chi connectivity index (χ0n) is 8.16. The molecule has 0 fully saturated rings. The number of anilines is 1. The highest BCUT2D eigenvalue weighted by Gasteiger charge is 2.12. The van der Waals surface area contributed by atoms with Crippen LogP contribution in [0.4, 0.5) is 5.69 Å². The third kappa shape index (κ3) is 2.26. The van der Waals surface area contributed by atoms with E-state index in [-0.39, 0.29) is 5.91 Å². The molecule has 0 aliphatic carbocycles. The van der Waals surface area contributed by atoms with Crippen LogP contribution in [0.15, 0.2) is 24.3 Å². The van der Waals surface area contributed by atoms with E-state index in [4.69, 9.17) is 4.74 Å². The van der Waals surface area contributed by atoms with E-state index in [1.165, 1.54) is 0 Å². The molecule has 0 aromatic heterocycles. The van der Waals surface area contributed by atoms with E-state index in [0.717, 1.165) is 5.69 Å². The standard InChI is InChI=1S/C10H12BrNO2/c1-12(10(13)7-11)8-5-3-4-6-9(8)14-2/h3-6H,7H2,1-2H3. The van der Waals surface area contributed by atoms with Crippen molar-refractivity contribution < 1.29 is 9.53 Å². The molecule has 0 aliphatic rings. The molecule has 0 radical (unpaired) electrons. The first-order valence-electron chi connectivity index (χ1n) is 4.16. The van der Waals surface area contributed by atoms with Crippen LogP contribution in [-0.2, 0) is 4.79 Å². The van der Waals surface area contributed by atoms with Gasteiger partial charge in [0.2, 0.25) is 5.91 Å². The van der Waals surface area contributed by atoms with Gasteiger partial charge in [0.05, 0.1) is 18.1 Å². The van der Waals surface area contributed by atoms with Crippen molar-refractivity contribution in [2.75, 3.05) is 24.4 Å². The van der Waals surface area contributed by atoms with Crippen LogP contribution in [0.1, 0.15) is 0 Å². The molecule has 0 unspecified atom stereocenters. The highest BCUT2D eigenvalue weighted by atomic mass is 79.9. The molecule has 0 saturated carbocycles. The van der Waals surface area contributed by atoms with Gasteiger partial charge in [-0.1, -0.05) is 28.1 Å². The molecule has 0 spiro atoms. The summed E-state index contributed by atoms with van der Waals surface area (Å²) in [5, 5.41) is 0.307. The van der Waals surface area contributed by atoms with Crippen molar-refractivity contribution in [2.45, 2.75) is 0 Å². The Labute approximate surface area is 91.8 Å². The molecular weight excluding hydrogens is 246 g/mol. The molecule has 1 rings (SSSR count). The molecule has 4 heteroatoms. The molecule has 0 N–H and O–H groups in total. The van der Waals surface area contributed by atoms with Crippen LogP contribution < -0.4 is 9.64 Å². The summed E-state index contributed by atoms with van der Waals surface area (Å²) in [5.41, 5.74) is 0.777. The molecule has 0 saturated heterocycles. The number of nitrogens with zero attached hydrogens (tertiary/aromatic N) is 1. The summed E-state index contributed by atoms with van der Waals surface area (Å²) in [6, 6.07) is 7.41. The zero-order valence-corrected chi connectivity index (χ0v) is 9.74. The number of rotatable bonds is 3. The summed E-state index contributed by atoms with van der Waals surface area (Å²) in [4.78, 5) is 13.0. The number of methoxy groups -OCH3 is 1. The lowest BCUT2D eigenvalue weighted by molar-refractivity contribution is -0.115. The molecule has 1 aromatic carbocycles. The second-order valence-electron chi connectivity index (χ2n) is 2.76. The highest BCUT2D eigenvalue weighted by Crippen LogP contribution is 2.26. The summed E-state index contributed by atoms with van der Waals surface area (Å²) in [5.74, 6) is 0.693. The maximum Gasteiger partial charge on any atom is 0.237 e. The number of ether oxygens (including phenoxy) is 1. The van der Waals surface area contributed by atoms with Gasteiger partial charge in [-0.3, -0.25) is 4.79 Å². The number of hydrogen-bond acceptors (Lipinski definition) is 2. The lowest BCUT2D eigenvalue weighted by atomic mass is 10.2. The quantitative estimate of drug-likeness (QED) is 0.776. The van der Waals surface area contributed by atoms with E-state index < -0.39 is 0 Å². The van der Waals surface area contributed by atoms with Crippen LogP contribution in [0.2, 0.25) is 0 Å². The Kier molecular flexibility index (Phi) is 3.95. The molecule has 14 heavy (non-hydrogen) atoms. The van der Waals surface area contributed by atoms with Gasteiger partial charge in [-0.2, -0.15) is 0 Å². The van der Waals surface area contributed by atoms with Crippen molar-refractivity contribution in [1.29, 1.82) is 0 Å². The first-order valence-corrected chi connectivity index (χ1v) is 5.28. The Morgan fingerprint density at radius 2 is 2.14 bits per heavy atom. The summed E-state index contributed by atoms with van der Waals surface area (Å²) in [6.07, 6.45) is 0. The monoisotopic (exact) mass is 257 g/mol. The minimum absolute atomic E-state index is 0.00509. The molecule has 76 valence electrons. The van der Waals surface area contributed by atoms with Crippen LogP contribution in [0, 0.1) is 0 Å². The van der Waals surface area contributed by atoms with Gasteiger partial charge in [-0.05, 0) is 12.1 Å². The zero-order chi connectivity index (χ0) is 10.6. The highest BCUT2D eigenvalue weighted by molar-refractivity contribution is 9.09. The van der Waals surface area contributed by atoms with Gasteiger partial charge in [-0.25, -0.2) is 0 Å². The van der Waals surface area contributed by atoms with Crippen molar-refractivity contribution in [3.05, 3.63) is 24.3 Å². The maximum atomic E-state index is 11.4. The number of carbonyl (C=O) groups is 1. The Morgan fingerprint density at radius 1 is 1.50 bits per heavy atom. The molecule has 0 atom stereocenters. The number of alkyl halides is 1. The lowest BCUT2D eigenvalue weighted by Crippen LogP contribution is -2.27. The van der Waals surface area contributed by atoms with E-state index in [1.807, 2.05) is 24.3 Å². The van der Waals surface area contributed by atoms with Gasteiger partial charge in [0, 0.05) is 7.05 Å². The summed E-state index contributed by atoms with van der Waals surface area (Å²) in [6.45, 7) is 0. The van der Waals surface area contributed by atoms with Crippen LogP contribution in [0.5, 0.6) is 5.75 Å². The van der Waals surface area contributed by atoms with E-state index in [2.05, 4.69) is 15.9 Å². The van der Waals surface area contributed by atoms with E-state index >= 15 is 0 Å². The normalized spacial score (nSPS) is 9.64. The fraction of sp³-hybridized carbons (Fsp3) is 0.300. The SMILES string of the molecule is COc1ccccc1N(C)C(=O)CBr. The van der Waals surface area contributed by atoms with Crippen LogP contribution in [0.25, 0.3) is 0 Å². The predicted octanol–water partition coefficient (Wildman–Crippen LogP) is 2.05. The van der Waals surface area contributed by atoms with Crippen molar-refractivity contribution in [1.82, 2.24) is 0 Å². The topological polar surface area (TPSA) is 29.5 Å². The lowest BCUT2D eigenvalue weighted by Gasteiger charge is -2.18. The molecule has 0 aliphatic heterocycles. The molecular formula is C10H12BrNO2. The molecule has 0 bridgehead atoms. The van der Waals surface area contributed by atoms with Crippen LogP contribution in [-0.4, -0.2) is 25.4 Å². The van der Waals surface area contributed by atoms with E-state index in [0.29, 0.717) is 11.1 Å². The number of hydrogen-bond donors (Lipinski definition) is 0. The van der Waals surface area contributed by atoms with E-state index in [9.17, 15) is 4.79 Å². The molecule has 1 aromatic rings. The maximum absolute atomic E-state index is 11.4.